The van der Waals surface area contributed by atoms with Crippen LogP contribution < -0.4 is 15.4 Å². The summed E-state index contributed by atoms with van der Waals surface area (Å²) in [6.07, 6.45) is 2.92. The third-order valence-electron chi connectivity index (χ3n) is 3.66. The zero-order valence-electron chi connectivity index (χ0n) is 15.3. The lowest BCUT2D eigenvalue weighted by Gasteiger charge is -2.15. The number of halogens is 2. The van der Waals surface area contributed by atoms with Crippen molar-refractivity contribution in [2.45, 2.75) is 23.6 Å². The highest BCUT2D eigenvalue weighted by Crippen LogP contribution is 2.31. The van der Waals surface area contributed by atoms with Crippen LogP contribution in [0.15, 0.2) is 59.5 Å². The zero-order chi connectivity index (χ0) is 20.5. The van der Waals surface area contributed by atoms with Gasteiger partial charge in [0.1, 0.15) is 11.8 Å². The first-order valence-electron chi connectivity index (χ1n) is 8.36. The van der Waals surface area contributed by atoms with Crippen LogP contribution in [0.25, 0.3) is 6.08 Å². The lowest BCUT2D eigenvalue weighted by Crippen LogP contribution is -2.40. The number of ether oxygens (including phenoxy) is 1. The van der Waals surface area contributed by atoms with Gasteiger partial charge in [0.2, 0.25) is 11.8 Å². The van der Waals surface area contributed by atoms with Gasteiger partial charge < -0.3 is 15.4 Å². The molecule has 5 nitrogen and oxygen atoms in total. The Morgan fingerprint density at radius 2 is 1.79 bits per heavy atom. The second-order valence-electron chi connectivity index (χ2n) is 5.70. The predicted molar refractivity (Wildman–Crippen MR) is 107 cm³/mol. The minimum atomic E-state index is -2.60. The third-order valence-corrected chi connectivity index (χ3v) is 4.44. The Hall–Kier alpha value is -2.87. The summed E-state index contributed by atoms with van der Waals surface area (Å²) in [6.45, 7) is 1.51. The van der Waals surface area contributed by atoms with Crippen LogP contribution in [-0.2, 0) is 9.59 Å². The van der Waals surface area contributed by atoms with Gasteiger partial charge in [0, 0.05) is 11.0 Å². The van der Waals surface area contributed by atoms with Gasteiger partial charge in [-0.1, -0.05) is 36.0 Å². The monoisotopic (exact) mass is 406 g/mol. The fourth-order valence-electron chi connectivity index (χ4n) is 2.22. The van der Waals surface area contributed by atoms with Gasteiger partial charge in [-0.15, -0.1) is 0 Å². The van der Waals surface area contributed by atoms with Crippen molar-refractivity contribution in [2.24, 2.45) is 0 Å². The number of amides is 2. The number of thioether (sulfide) groups is 1. The van der Waals surface area contributed by atoms with E-state index in [1.165, 1.54) is 25.1 Å². The number of methoxy groups -OCH3 is 1. The van der Waals surface area contributed by atoms with E-state index in [1.54, 1.807) is 49.6 Å². The van der Waals surface area contributed by atoms with Crippen LogP contribution in [0.3, 0.4) is 0 Å². The molecule has 1 atom stereocenters. The molecule has 0 saturated carbocycles. The minimum absolute atomic E-state index is 0.253. The highest BCUT2D eigenvalue weighted by atomic mass is 32.2. The van der Waals surface area contributed by atoms with Gasteiger partial charge in [-0.3, -0.25) is 9.59 Å². The predicted octanol–water partition coefficient (Wildman–Crippen LogP) is 4.17. The first kappa shape index (κ1) is 21.4. The molecule has 0 aliphatic carbocycles. The molecular weight excluding hydrogens is 386 g/mol. The maximum atomic E-state index is 12.6. The van der Waals surface area contributed by atoms with Gasteiger partial charge in [0.05, 0.1) is 12.8 Å². The fourth-order valence-corrected chi connectivity index (χ4v) is 2.82. The summed E-state index contributed by atoms with van der Waals surface area (Å²) in [4.78, 5) is 24.5. The lowest BCUT2D eigenvalue weighted by molar-refractivity contribution is -0.123. The SMILES string of the molecule is COc1ccc(C=CC(=O)NC(C)C(=O)Nc2ccccc2SC(F)F)cc1. The molecule has 2 aromatic carbocycles. The number of carbonyl (C=O) groups excluding carboxylic acids is 2. The second-order valence-corrected chi connectivity index (χ2v) is 6.73. The quantitative estimate of drug-likeness (QED) is 0.510. The standard InChI is InChI=1S/C20H20F2N2O3S/c1-13(19(26)24-16-5-3-4-6-17(16)28-20(21)22)23-18(25)12-9-14-7-10-15(27-2)11-8-14/h3-13,20H,1-2H3,(H,23,25)(H,24,26). The van der Waals surface area contributed by atoms with E-state index in [-0.39, 0.29) is 10.6 Å². The van der Waals surface area contributed by atoms with E-state index in [1.807, 2.05) is 0 Å². The average Bonchev–Trinajstić information content (AvgIpc) is 2.67. The van der Waals surface area contributed by atoms with Gasteiger partial charge in [0.25, 0.3) is 5.76 Å². The van der Waals surface area contributed by atoms with Gasteiger partial charge in [-0.25, -0.2) is 0 Å². The number of alkyl halides is 2. The van der Waals surface area contributed by atoms with Crippen molar-refractivity contribution in [1.29, 1.82) is 0 Å². The van der Waals surface area contributed by atoms with E-state index >= 15 is 0 Å². The topological polar surface area (TPSA) is 67.4 Å². The molecule has 0 radical (unpaired) electrons. The number of rotatable bonds is 8. The lowest BCUT2D eigenvalue weighted by atomic mass is 10.2. The molecule has 148 valence electrons. The maximum Gasteiger partial charge on any atom is 0.288 e. The summed E-state index contributed by atoms with van der Waals surface area (Å²) in [5.74, 6) is -2.85. The second kappa shape index (κ2) is 10.5. The van der Waals surface area contributed by atoms with E-state index in [9.17, 15) is 18.4 Å². The summed E-state index contributed by atoms with van der Waals surface area (Å²) in [7, 11) is 1.56. The van der Waals surface area contributed by atoms with Gasteiger partial charge in [-0.05, 0) is 42.8 Å². The molecule has 0 spiro atoms. The first-order valence-corrected chi connectivity index (χ1v) is 9.24. The molecule has 0 bridgehead atoms. The number of hydrogen-bond acceptors (Lipinski definition) is 4. The highest BCUT2D eigenvalue weighted by molar-refractivity contribution is 7.99. The first-order chi connectivity index (χ1) is 13.4. The van der Waals surface area contributed by atoms with Crippen molar-refractivity contribution in [3.05, 3.63) is 60.2 Å². The van der Waals surface area contributed by atoms with Crippen molar-refractivity contribution in [2.75, 3.05) is 12.4 Å². The number of carbonyl (C=O) groups is 2. The van der Waals surface area contributed by atoms with Crippen LogP contribution in [-0.4, -0.2) is 30.7 Å². The van der Waals surface area contributed by atoms with Crippen molar-refractivity contribution >= 4 is 35.3 Å². The number of hydrogen-bond donors (Lipinski definition) is 2. The smallest absolute Gasteiger partial charge is 0.288 e. The summed E-state index contributed by atoms with van der Waals surface area (Å²) in [5, 5.41) is 5.10. The Morgan fingerprint density at radius 1 is 1.11 bits per heavy atom. The van der Waals surface area contributed by atoms with E-state index in [0.29, 0.717) is 17.5 Å². The van der Waals surface area contributed by atoms with Crippen LogP contribution in [0.2, 0.25) is 0 Å². The Balaban J connectivity index is 1.92. The van der Waals surface area contributed by atoms with E-state index in [0.717, 1.165) is 5.56 Å². The molecule has 2 N–H and O–H groups in total. The van der Waals surface area contributed by atoms with Gasteiger partial charge >= 0.3 is 0 Å². The van der Waals surface area contributed by atoms with Crippen molar-refractivity contribution in [1.82, 2.24) is 5.32 Å². The van der Waals surface area contributed by atoms with Crippen molar-refractivity contribution in [3.8, 4) is 5.75 Å². The molecule has 8 heteroatoms. The Kier molecular flexibility index (Phi) is 8.01. The van der Waals surface area contributed by atoms with Crippen LogP contribution >= 0.6 is 11.8 Å². The summed E-state index contributed by atoms with van der Waals surface area (Å²) in [6, 6.07) is 12.5. The molecular formula is C20H20F2N2O3S. The molecule has 0 aliphatic heterocycles. The van der Waals surface area contributed by atoms with Crippen LogP contribution in [0.4, 0.5) is 14.5 Å². The Bertz CT molecular complexity index is 842. The zero-order valence-corrected chi connectivity index (χ0v) is 16.1. The largest absolute Gasteiger partial charge is 0.497 e. The molecule has 0 saturated heterocycles. The molecule has 0 fully saturated rings. The van der Waals surface area contributed by atoms with Gasteiger partial charge in [-0.2, -0.15) is 8.78 Å². The van der Waals surface area contributed by atoms with Crippen LogP contribution in [0.5, 0.6) is 5.75 Å². The molecule has 2 rings (SSSR count). The number of para-hydroxylation sites is 1. The number of nitrogens with one attached hydrogen (secondary N) is 2. The molecule has 0 aliphatic rings. The van der Waals surface area contributed by atoms with E-state index in [2.05, 4.69) is 10.6 Å². The highest BCUT2D eigenvalue weighted by Gasteiger charge is 2.17. The molecule has 1 unspecified atom stereocenters. The third kappa shape index (κ3) is 6.70. The Labute approximate surface area is 166 Å². The van der Waals surface area contributed by atoms with E-state index in [4.69, 9.17) is 4.74 Å². The molecule has 0 heterocycles. The number of anilines is 1. The molecule has 28 heavy (non-hydrogen) atoms. The maximum absolute atomic E-state index is 12.6. The fraction of sp³-hybridized carbons (Fsp3) is 0.200. The van der Waals surface area contributed by atoms with Gasteiger partial charge in [0.15, 0.2) is 0 Å². The van der Waals surface area contributed by atoms with E-state index < -0.39 is 23.6 Å². The van der Waals surface area contributed by atoms with Crippen molar-refractivity contribution in [3.63, 3.8) is 0 Å². The molecule has 2 amide bonds. The normalized spacial score (nSPS) is 12.0. The summed E-state index contributed by atoms with van der Waals surface area (Å²) in [5.41, 5.74) is 1.07. The summed E-state index contributed by atoms with van der Waals surface area (Å²) >= 11 is 0.345. The Morgan fingerprint density at radius 3 is 2.43 bits per heavy atom. The van der Waals surface area contributed by atoms with Crippen LogP contribution in [0.1, 0.15) is 12.5 Å². The van der Waals surface area contributed by atoms with Crippen molar-refractivity contribution < 1.29 is 23.1 Å². The minimum Gasteiger partial charge on any atom is -0.497 e. The molecule has 2 aromatic rings. The van der Waals surface area contributed by atoms with Crippen LogP contribution in [0, 0.1) is 0 Å². The molecule has 0 aromatic heterocycles. The summed E-state index contributed by atoms with van der Waals surface area (Å²) < 4.78 is 30.3. The average molecular weight is 406 g/mol. The number of benzene rings is 2.